The van der Waals surface area contributed by atoms with Gasteiger partial charge in [-0.25, -0.2) is 0 Å². The monoisotopic (exact) mass is 249 g/mol. The number of pyridine rings is 1. The lowest BCUT2D eigenvalue weighted by Crippen LogP contribution is -2.51. The van der Waals surface area contributed by atoms with Gasteiger partial charge in [0.1, 0.15) is 0 Å². The number of nitrogens with one attached hydrogen (secondary N) is 1. The maximum atomic E-state index is 5.69. The number of nitrogens with zero attached hydrogens (tertiary/aromatic N) is 3. The zero-order valence-corrected chi connectivity index (χ0v) is 11.2. The van der Waals surface area contributed by atoms with E-state index < -0.39 is 0 Å². The minimum atomic E-state index is 0.164. The first-order valence-corrected chi connectivity index (χ1v) is 6.45. The van der Waals surface area contributed by atoms with Gasteiger partial charge in [0.2, 0.25) is 0 Å². The third-order valence-electron chi connectivity index (χ3n) is 3.78. The molecule has 0 saturated carbocycles. The summed E-state index contributed by atoms with van der Waals surface area (Å²) in [5.41, 5.74) is 4.07. The van der Waals surface area contributed by atoms with Crippen LogP contribution in [0.1, 0.15) is 18.0 Å². The predicted octanol–water partition coefficient (Wildman–Crippen LogP) is 0.222. The quantitative estimate of drug-likeness (QED) is 0.590. The van der Waals surface area contributed by atoms with Gasteiger partial charge in [-0.05, 0) is 32.1 Å². The van der Waals surface area contributed by atoms with Gasteiger partial charge >= 0.3 is 0 Å². The summed E-state index contributed by atoms with van der Waals surface area (Å²) in [6.07, 6.45) is 4.68. The Morgan fingerprint density at radius 2 is 2.33 bits per heavy atom. The fraction of sp³-hybridized carbons (Fsp3) is 0.615. The molecule has 0 amide bonds. The molecule has 3 N–H and O–H groups in total. The fourth-order valence-electron chi connectivity index (χ4n) is 2.51. The lowest BCUT2D eigenvalue weighted by Gasteiger charge is -2.39. The van der Waals surface area contributed by atoms with Crippen molar-refractivity contribution in [3.05, 3.63) is 30.1 Å². The highest BCUT2D eigenvalue weighted by Crippen LogP contribution is 2.21. The molecule has 0 aromatic carbocycles. The lowest BCUT2D eigenvalue weighted by molar-refractivity contribution is 0.101. The van der Waals surface area contributed by atoms with Gasteiger partial charge < -0.3 is 9.80 Å². The van der Waals surface area contributed by atoms with Gasteiger partial charge in [0.15, 0.2) is 0 Å². The van der Waals surface area contributed by atoms with Gasteiger partial charge in [-0.3, -0.25) is 16.3 Å². The van der Waals surface area contributed by atoms with Crippen LogP contribution in [0.2, 0.25) is 0 Å². The Kier molecular flexibility index (Phi) is 4.66. The number of aromatic nitrogens is 1. The Bertz CT molecular complexity index is 356. The van der Waals surface area contributed by atoms with Gasteiger partial charge in [0.25, 0.3) is 0 Å². The minimum absolute atomic E-state index is 0.164. The first-order valence-electron chi connectivity index (χ1n) is 6.45. The van der Waals surface area contributed by atoms with E-state index in [-0.39, 0.29) is 6.04 Å². The topological polar surface area (TPSA) is 57.4 Å². The molecular weight excluding hydrogens is 226 g/mol. The minimum Gasteiger partial charge on any atom is -0.304 e. The van der Waals surface area contributed by atoms with E-state index in [0.29, 0.717) is 6.04 Å². The molecule has 0 aliphatic carbocycles. The molecule has 0 radical (unpaired) electrons. The zero-order chi connectivity index (χ0) is 13.0. The Labute approximate surface area is 109 Å². The molecule has 2 unspecified atom stereocenters. The number of hydrogen-bond donors (Lipinski definition) is 2. The number of hydrazine groups is 1. The molecule has 100 valence electrons. The Hall–Kier alpha value is -1.01. The average Bonchev–Trinajstić information content (AvgIpc) is 2.41. The molecule has 1 aliphatic rings. The van der Waals surface area contributed by atoms with Crippen molar-refractivity contribution in [3.8, 4) is 0 Å². The van der Waals surface area contributed by atoms with Crippen molar-refractivity contribution in [1.29, 1.82) is 0 Å². The van der Waals surface area contributed by atoms with Crippen LogP contribution in [-0.2, 0) is 0 Å². The third-order valence-corrected chi connectivity index (χ3v) is 3.78. The number of nitrogens with two attached hydrogens (primary N) is 1. The van der Waals surface area contributed by atoms with Crippen LogP contribution >= 0.6 is 0 Å². The van der Waals surface area contributed by atoms with Crippen LogP contribution in [0.3, 0.4) is 0 Å². The summed E-state index contributed by atoms with van der Waals surface area (Å²) in [5.74, 6) is 5.69. The molecule has 5 nitrogen and oxygen atoms in total. The van der Waals surface area contributed by atoms with E-state index in [9.17, 15) is 0 Å². The largest absolute Gasteiger partial charge is 0.304 e. The molecule has 0 spiro atoms. The van der Waals surface area contributed by atoms with Crippen LogP contribution in [0.25, 0.3) is 0 Å². The molecule has 0 bridgehead atoms. The summed E-state index contributed by atoms with van der Waals surface area (Å²) < 4.78 is 0. The molecular formula is C13H23N5. The summed E-state index contributed by atoms with van der Waals surface area (Å²) in [7, 11) is 4.36. The second-order valence-corrected chi connectivity index (χ2v) is 5.14. The van der Waals surface area contributed by atoms with Crippen LogP contribution in [0.5, 0.6) is 0 Å². The zero-order valence-electron chi connectivity index (χ0n) is 11.2. The van der Waals surface area contributed by atoms with E-state index in [0.717, 1.165) is 31.6 Å². The molecule has 1 aromatic rings. The molecule has 1 saturated heterocycles. The first kappa shape index (κ1) is 13.4. The molecule has 1 aliphatic heterocycles. The predicted molar refractivity (Wildman–Crippen MR) is 72.8 cm³/mol. The highest BCUT2D eigenvalue weighted by molar-refractivity contribution is 5.14. The maximum Gasteiger partial charge on any atom is 0.0490 e. The van der Waals surface area contributed by atoms with Crippen molar-refractivity contribution in [2.75, 3.05) is 33.7 Å². The molecule has 2 rings (SSSR count). The highest BCUT2D eigenvalue weighted by Gasteiger charge is 2.25. The van der Waals surface area contributed by atoms with Crippen molar-refractivity contribution in [2.24, 2.45) is 5.84 Å². The standard InChI is InChI=1S/C13H23N5/c1-17-6-7-18(2)12(10-17)8-13(16-14)11-4-3-5-15-9-11/h3-5,9,12-13,16H,6-8,10,14H2,1-2H3. The number of hydrogen-bond acceptors (Lipinski definition) is 5. The van der Waals surface area contributed by atoms with Crippen molar-refractivity contribution < 1.29 is 0 Å². The van der Waals surface area contributed by atoms with Crippen LogP contribution in [0.15, 0.2) is 24.5 Å². The van der Waals surface area contributed by atoms with Crippen molar-refractivity contribution in [1.82, 2.24) is 20.2 Å². The molecule has 2 atom stereocenters. The molecule has 1 aromatic heterocycles. The molecule has 2 heterocycles. The maximum absolute atomic E-state index is 5.69. The highest BCUT2D eigenvalue weighted by atomic mass is 15.3. The van der Waals surface area contributed by atoms with E-state index in [1.807, 2.05) is 12.3 Å². The SMILES string of the molecule is CN1CCN(C)C(CC(NN)c2cccnc2)C1. The Morgan fingerprint density at radius 3 is 3.00 bits per heavy atom. The van der Waals surface area contributed by atoms with Crippen LogP contribution in [0.4, 0.5) is 0 Å². The number of piperazine rings is 1. The second kappa shape index (κ2) is 6.24. The Morgan fingerprint density at radius 1 is 1.50 bits per heavy atom. The third kappa shape index (κ3) is 3.26. The van der Waals surface area contributed by atoms with Crippen molar-refractivity contribution >= 4 is 0 Å². The van der Waals surface area contributed by atoms with Gasteiger partial charge in [0.05, 0.1) is 0 Å². The Balaban J connectivity index is 2.01. The molecule has 5 heteroatoms. The molecule has 18 heavy (non-hydrogen) atoms. The molecule has 1 fully saturated rings. The van der Waals surface area contributed by atoms with Crippen molar-refractivity contribution in [2.45, 2.75) is 18.5 Å². The van der Waals surface area contributed by atoms with Gasteiger partial charge in [0, 0.05) is 44.1 Å². The van der Waals surface area contributed by atoms with E-state index >= 15 is 0 Å². The summed E-state index contributed by atoms with van der Waals surface area (Å²) in [6.45, 7) is 3.35. The number of likely N-dealkylation sites (N-methyl/N-ethyl adjacent to an activating group) is 2. The van der Waals surface area contributed by atoms with Crippen LogP contribution < -0.4 is 11.3 Å². The van der Waals surface area contributed by atoms with E-state index in [2.05, 4.69) is 40.4 Å². The van der Waals surface area contributed by atoms with E-state index in [1.165, 1.54) is 0 Å². The fourth-order valence-corrected chi connectivity index (χ4v) is 2.51. The lowest BCUT2D eigenvalue weighted by atomic mass is 9.99. The summed E-state index contributed by atoms with van der Waals surface area (Å²) in [6, 6.07) is 4.73. The van der Waals surface area contributed by atoms with Gasteiger partial charge in [-0.15, -0.1) is 0 Å². The van der Waals surface area contributed by atoms with Crippen LogP contribution in [-0.4, -0.2) is 54.6 Å². The van der Waals surface area contributed by atoms with E-state index in [4.69, 9.17) is 5.84 Å². The van der Waals surface area contributed by atoms with Gasteiger partial charge in [-0.2, -0.15) is 0 Å². The summed E-state index contributed by atoms with van der Waals surface area (Å²) in [4.78, 5) is 8.95. The number of rotatable bonds is 4. The summed E-state index contributed by atoms with van der Waals surface area (Å²) >= 11 is 0. The summed E-state index contributed by atoms with van der Waals surface area (Å²) in [5, 5.41) is 0. The average molecular weight is 249 g/mol. The van der Waals surface area contributed by atoms with Crippen molar-refractivity contribution in [3.63, 3.8) is 0 Å². The first-order chi connectivity index (χ1) is 8.70. The normalized spacial score (nSPS) is 24.1. The second-order valence-electron chi connectivity index (χ2n) is 5.14. The smallest absolute Gasteiger partial charge is 0.0490 e. The van der Waals surface area contributed by atoms with Gasteiger partial charge in [-0.1, -0.05) is 6.07 Å². The van der Waals surface area contributed by atoms with E-state index in [1.54, 1.807) is 6.20 Å². The van der Waals surface area contributed by atoms with Crippen LogP contribution in [0, 0.1) is 0 Å².